The van der Waals surface area contributed by atoms with E-state index in [1.807, 2.05) is 30.3 Å². The molecule has 1 unspecified atom stereocenters. The van der Waals surface area contributed by atoms with E-state index in [1.54, 1.807) is 6.92 Å². The number of carbonyl (C=O) groups is 2. The zero-order valence-corrected chi connectivity index (χ0v) is 19.3. The summed E-state index contributed by atoms with van der Waals surface area (Å²) in [4.78, 5) is 49.3. The Bertz CT molecular complexity index is 1010. The lowest BCUT2D eigenvalue weighted by Crippen LogP contribution is -2.40. The molecule has 0 bridgehead atoms. The summed E-state index contributed by atoms with van der Waals surface area (Å²) in [5.41, 5.74) is 5.83. The number of ketones is 1. The highest BCUT2D eigenvalue weighted by atomic mass is 32.2. The first-order valence-corrected chi connectivity index (χ1v) is 11.7. The van der Waals surface area contributed by atoms with Crippen LogP contribution in [0.3, 0.4) is 0 Å². The third kappa shape index (κ3) is 8.89. The van der Waals surface area contributed by atoms with Crippen LogP contribution in [0.1, 0.15) is 24.9 Å². The van der Waals surface area contributed by atoms with E-state index in [0.29, 0.717) is 25.3 Å². The molecule has 0 aliphatic carbocycles. The number of carbonyl (C=O) groups excluding carboxylic acids is 2. The van der Waals surface area contributed by atoms with Gasteiger partial charge in [-0.2, -0.15) is 0 Å². The van der Waals surface area contributed by atoms with Crippen molar-refractivity contribution in [3.05, 3.63) is 58.6 Å². The van der Waals surface area contributed by atoms with Crippen LogP contribution < -0.4 is 21.9 Å². The largest absolute Gasteiger partial charge is 0.390 e. The summed E-state index contributed by atoms with van der Waals surface area (Å²) in [5.74, 6) is 0.681. The molecule has 0 spiro atoms. The lowest BCUT2D eigenvalue weighted by molar-refractivity contribution is -0.127. The van der Waals surface area contributed by atoms with Crippen LogP contribution in [0.5, 0.6) is 0 Å². The predicted molar refractivity (Wildman–Crippen MR) is 133 cm³/mol. The van der Waals surface area contributed by atoms with Gasteiger partial charge in [0.05, 0.1) is 25.2 Å². The van der Waals surface area contributed by atoms with Crippen molar-refractivity contribution in [2.45, 2.75) is 25.1 Å². The van der Waals surface area contributed by atoms with Crippen LogP contribution in [0, 0.1) is 0 Å². The van der Waals surface area contributed by atoms with Gasteiger partial charge in [-0.3, -0.25) is 23.9 Å². The van der Waals surface area contributed by atoms with Crippen molar-refractivity contribution in [1.82, 2.24) is 14.9 Å². The van der Waals surface area contributed by atoms with E-state index in [1.165, 1.54) is 35.1 Å². The number of hydrogen-bond donors (Lipinski definition) is 3. The molecule has 176 valence electrons. The number of nitrogens with zero attached hydrogens (tertiary/aromatic N) is 4. The third-order valence-electron chi connectivity index (χ3n) is 4.50. The second kappa shape index (κ2) is 14.6. The molecule has 1 aromatic carbocycles. The van der Waals surface area contributed by atoms with Crippen LogP contribution in [-0.4, -0.2) is 59.3 Å². The minimum absolute atomic E-state index is 0.0780. The van der Waals surface area contributed by atoms with Gasteiger partial charge in [0.1, 0.15) is 12.4 Å². The lowest BCUT2D eigenvalue weighted by atomic mass is 10.2. The molecule has 10 nitrogen and oxygen atoms in total. The van der Waals surface area contributed by atoms with E-state index >= 15 is 0 Å². The second-order valence-electron chi connectivity index (χ2n) is 6.89. The van der Waals surface area contributed by atoms with Crippen molar-refractivity contribution in [3.8, 4) is 0 Å². The normalized spacial score (nSPS) is 12.2. The van der Waals surface area contributed by atoms with Gasteiger partial charge in [-0.05, 0) is 12.0 Å². The van der Waals surface area contributed by atoms with Crippen LogP contribution in [0.2, 0.25) is 0 Å². The maximum atomic E-state index is 12.8. The minimum atomic E-state index is -0.747. The summed E-state index contributed by atoms with van der Waals surface area (Å²) in [6, 6.07) is 9.12. The van der Waals surface area contributed by atoms with Gasteiger partial charge in [-0.25, -0.2) is 9.98 Å². The number of aliphatic imine (C=N–C) groups is 2. The number of amides is 1. The van der Waals surface area contributed by atoms with Crippen LogP contribution >= 0.6 is 11.8 Å². The molecule has 0 aliphatic rings. The van der Waals surface area contributed by atoms with Gasteiger partial charge in [-0.15, -0.1) is 11.8 Å². The van der Waals surface area contributed by atoms with E-state index in [2.05, 4.69) is 25.6 Å². The van der Waals surface area contributed by atoms with E-state index in [4.69, 9.17) is 5.73 Å². The lowest BCUT2D eigenvalue weighted by Gasteiger charge is -2.18. The van der Waals surface area contributed by atoms with Crippen LogP contribution in [0.15, 0.2) is 57.5 Å². The molecule has 0 radical (unpaired) electrons. The Labute approximate surface area is 196 Å². The SMILES string of the molecule is CCC(C(=O)NCC(=O)CSCc1ccccc1)n1ccnc(NCCN=CN=CN)c1=O. The number of anilines is 1. The van der Waals surface area contributed by atoms with Gasteiger partial charge in [0, 0.05) is 24.7 Å². The van der Waals surface area contributed by atoms with Crippen molar-refractivity contribution in [2.24, 2.45) is 15.7 Å². The molecule has 0 saturated heterocycles. The Morgan fingerprint density at radius 1 is 1.30 bits per heavy atom. The Morgan fingerprint density at radius 2 is 2.09 bits per heavy atom. The maximum absolute atomic E-state index is 12.8. The molecule has 0 saturated carbocycles. The first-order chi connectivity index (χ1) is 16.1. The van der Waals surface area contributed by atoms with Crippen LogP contribution in [0.4, 0.5) is 5.82 Å². The van der Waals surface area contributed by atoms with Gasteiger partial charge in [0.25, 0.3) is 5.56 Å². The fourth-order valence-electron chi connectivity index (χ4n) is 2.89. The molecular formula is C22H29N7O3S. The van der Waals surface area contributed by atoms with E-state index < -0.39 is 11.6 Å². The first-order valence-electron chi connectivity index (χ1n) is 10.5. The van der Waals surface area contributed by atoms with Gasteiger partial charge in [0.2, 0.25) is 5.91 Å². The average Bonchev–Trinajstić information content (AvgIpc) is 2.83. The Morgan fingerprint density at radius 3 is 2.82 bits per heavy atom. The number of rotatable bonds is 14. The van der Waals surface area contributed by atoms with E-state index in [9.17, 15) is 14.4 Å². The molecule has 2 rings (SSSR count). The highest BCUT2D eigenvalue weighted by Gasteiger charge is 2.21. The fraction of sp³-hybridized carbons (Fsp3) is 0.364. The average molecular weight is 472 g/mol. The number of Topliss-reactive ketones (excluding diaryl/α,β-unsaturated/α-hetero) is 1. The standard InChI is InChI=1S/C22H29N7O3S/c1-2-19(21(31)28-12-18(30)14-33-13-17-6-4-3-5-7-17)29-11-10-27-20(22(29)32)26-9-8-24-16-25-15-23/h3-7,10-11,15-16,19H,2,8-9,12-14H2,1H3,(H,26,27)(H,28,31)(H2,23,24,25). The molecule has 0 aliphatic heterocycles. The summed E-state index contributed by atoms with van der Waals surface area (Å²) < 4.78 is 1.32. The van der Waals surface area contributed by atoms with E-state index in [-0.39, 0.29) is 24.1 Å². The molecule has 2 aromatic rings. The molecule has 4 N–H and O–H groups in total. The smallest absolute Gasteiger partial charge is 0.294 e. The number of hydrogen-bond acceptors (Lipinski definition) is 7. The van der Waals surface area contributed by atoms with Crippen molar-refractivity contribution in [2.75, 3.05) is 30.7 Å². The summed E-state index contributed by atoms with van der Waals surface area (Å²) >= 11 is 1.50. The monoisotopic (exact) mass is 471 g/mol. The number of nitrogens with two attached hydrogens (primary N) is 1. The van der Waals surface area contributed by atoms with E-state index in [0.717, 1.165) is 17.7 Å². The van der Waals surface area contributed by atoms with Crippen LogP contribution in [-0.2, 0) is 15.3 Å². The minimum Gasteiger partial charge on any atom is -0.390 e. The third-order valence-corrected chi connectivity index (χ3v) is 5.56. The summed E-state index contributed by atoms with van der Waals surface area (Å²) in [6.45, 7) is 2.45. The van der Waals surface area contributed by atoms with Crippen molar-refractivity contribution < 1.29 is 9.59 Å². The highest BCUT2D eigenvalue weighted by Crippen LogP contribution is 2.12. The van der Waals surface area contributed by atoms with Crippen molar-refractivity contribution >= 4 is 41.9 Å². The van der Waals surface area contributed by atoms with Crippen molar-refractivity contribution in [1.29, 1.82) is 0 Å². The van der Waals surface area contributed by atoms with Crippen LogP contribution in [0.25, 0.3) is 0 Å². The molecule has 1 heterocycles. The number of aromatic nitrogens is 2. The molecule has 0 fully saturated rings. The number of benzene rings is 1. The van der Waals surface area contributed by atoms with Crippen molar-refractivity contribution in [3.63, 3.8) is 0 Å². The topological polar surface area (TPSA) is 144 Å². The highest BCUT2D eigenvalue weighted by molar-refractivity contribution is 7.99. The zero-order chi connectivity index (χ0) is 23.9. The Balaban J connectivity index is 1.87. The molecule has 1 atom stereocenters. The summed E-state index contributed by atoms with van der Waals surface area (Å²) in [6.07, 6.45) is 5.74. The molecule has 11 heteroatoms. The quantitative estimate of drug-likeness (QED) is 0.214. The molecule has 33 heavy (non-hydrogen) atoms. The number of nitrogens with one attached hydrogen (secondary N) is 2. The Hall–Kier alpha value is -3.47. The second-order valence-corrected chi connectivity index (χ2v) is 7.88. The van der Waals surface area contributed by atoms with Gasteiger partial charge >= 0.3 is 0 Å². The van der Waals surface area contributed by atoms with Gasteiger partial charge in [-0.1, -0.05) is 37.3 Å². The summed E-state index contributed by atoms with van der Waals surface area (Å²) in [7, 11) is 0. The molecule has 1 aromatic heterocycles. The summed E-state index contributed by atoms with van der Waals surface area (Å²) in [5, 5.41) is 5.56. The van der Waals surface area contributed by atoms with Gasteiger partial charge in [0.15, 0.2) is 11.6 Å². The molecular weight excluding hydrogens is 442 g/mol. The zero-order valence-electron chi connectivity index (χ0n) is 18.5. The predicted octanol–water partition coefficient (Wildman–Crippen LogP) is 1.24. The Kier molecular flexibility index (Phi) is 11.4. The number of thioether (sulfide) groups is 1. The van der Waals surface area contributed by atoms with Gasteiger partial charge < -0.3 is 16.4 Å². The molecule has 1 amide bonds. The fourth-order valence-corrected chi connectivity index (χ4v) is 3.75. The first kappa shape index (κ1) is 25.8. The maximum Gasteiger partial charge on any atom is 0.294 e.